The quantitative estimate of drug-likeness (QED) is 0.236. The van der Waals surface area contributed by atoms with Gasteiger partial charge in [-0.3, -0.25) is 24.3 Å². The molecule has 12 heteroatoms. The summed E-state index contributed by atoms with van der Waals surface area (Å²) in [6.45, 7) is 8.91. The summed E-state index contributed by atoms with van der Waals surface area (Å²) in [6.07, 6.45) is 0. The summed E-state index contributed by atoms with van der Waals surface area (Å²) in [5, 5.41) is 18.1. The molecule has 198 valence electrons. The Hall–Kier alpha value is -4.45. The highest BCUT2D eigenvalue weighted by atomic mass is 32.2. The maximum Gasteiger partial charge on any atom is 0.312 e. The van der Waals surface area contributed by atoms with Crippen LogP contribution in [0.25, 0.3) is 0 Å². The first-order valence-corrected chi connectivity index (χ1v) is 13.1. The fraction of sp³-hybridized carbons (Fsp3) is 0.231. The first-order valence-electron chi connectivity index (χ1n) is 11.6. The van der Waals surface area contributed by atoms with Crippen LogP contribution in [0.15, 0.2) is 57.8 Å². The van der Waals surface area contributed by atoms with Crippen LogP contribution in [-0.4, -0.2) is 29.0 Å². The molecule has 1 amide bonds. The zero-order valence-corrected chi connectivity index (χ0v) is 22.3. The molecule has 0 aliphatic rings. The van der Waals surface area contributed by atoms with Crippen LogP contribution in [0.3, 0.4) is 0 Å². The number of nitrogens with zero attached hydrogens (tertiary/aromatic N) is 3. The molecule has 0 aliphatic heterocycles. The van der Waals surface area contributed by atoms with E-state index in [9.17, 15) is 23.3 Å². The smallest absolute Gasteiger partial charge is 0.312 e. The van der Waals surface area contributed by atoms with Gasteiger partial charge in [-0.1, -0.05) is 17.7 Å². The second-order valence-corrected chi connectivity index (χ2v) is 10.7. The van der Waals surface area contributed by atoms with Crippen LogP contribution >= 0.6 is 0 Å². The lowest BCUT2D eigenvalue weighted by molar-refractivity contribution is -0.386. The monoisotopic (exact) mass is 537 g/mol. The molecule has 2 heterocycles. The maximum atomic E-state index is 12.9. The number of hydrogen-bond acceptors (Lipinski definition) is 7. The fourth-order valence-electron chi connectivity index (χ4n) is 4.28. The van der Waals surface area contributed by atoms with Crippen LogP contribution in [0, 0.1) is 44.7 Å². The van der Waals surface area contributed by atoms with Crippen molar-refractivity contribution in [3.63, 3.8) is 0 Å². The highest BCUT2D eigenvalue weighted by molar-refractivity contribution is 7.92. The minimum Gasteiger partial charge on any atom is -0.454 e. The van der Waals surface area contributed by atoms with Crippen molar-refractivity contribution in [3.8, 4) is 0 Å². The lowest BCUT2D eigenvalue weighted by Gasteiger charge is -2.14. The summed E-state index contributed by atoms with van der Waals surface area (Å²) in [5.74, 6) is -0.111. The maximum absolute atomic E-state index is 12.9. The standard InChI is InChI=1S/C26H27N5O6S/c1-15-12-16(2)24(17(3)13-15)29-38(35,36)22-9-6-20(7-10-22)27-26(32)23-11-8-21(37-23)14-30-19(5)25(31(33)34)18(4)28-30/h6-13,29H,14H2,1-5H3,(H,27,32). The van der Waals surface area contributed by atoms with Crippen molar-refractivity contribution in [2.45, 2.75) is 46.1 Å². The van der Waals surface area contributed by atoms with Crippen LogP contribution < -0.4 is 10.0 Å². The van der Waals surface area contributed by atoms with E-state index in [0.29, 0.717) is 28.5 Å². The van der Waals surface area contributed by atoms with E-state index < -0.39 is 20.9 Å². The molecule has 0 saturated carbocycles. The molecule has 0 aliphatic carbocycles. The van der Waals surface area contributed by atoms with E-state index in [2.05, 4.69) is 15.1 Å². The second-order valence-electron chi connectivity index (χ2n) is 9.06. The largest absolute Gasteiger partial charge is 0.454 e. The first kappa shape index (κ1) is 26.6. The third kappa shape index (κ3) is 5.44. The van der Waals surface area contributed by atoms with E-state index in [0.717, 1.165) is 16.7 Å². The molecule has 0 radical (unpaired) electrons. The first-order chi connectivity index (χ1) is 17.9. The number of rotatable bonds is 8. The molecule has 2 N–H and O–H groups in total. The summed E-state index contributed by atoms with van der Waals surface area (Å²) in [5.41, 5.74) is 4.23. The SMILES string of the molecule is Cc1cc(C)c(NS(=O)(=O)c2ccc(NC(=O)c3ccc(Cn4nc(C)c([N+](=O)[O-])c4C)o3)cc2)c(C)c1. The van der Waals surface area contributed by atoms with Gasteiger partial charge in [-0.05, 0) is 82.1 Å². The molecule has 4 aromatic rings. The number of aryl methyl sites for hydroxylation is 4. The Morgan fingerprint density at radius 1 is 1.03 bits per heavy atom. The van der Waals surface area contributed by atoms with Crippen molar-refractivity contribution in [2.75, 3.05) is 10.0 Å². The van der Waals surface area contributed by atoms with Crippen molar-refractivity contribution in [1.82, 2.24) is 9.78 Å². The van der Waals surface area contributed by atoms with Gasteiger partial charge in [-0.15, -0.1) is 0 Å². The molecule has 38 heavy (non-hydrogen) atoms. The summed E-state index contributed by atoms with van der Waals surface area (Å²) < 4.78 is 35.6. The fourth-order valence-corrected chi connectivity index (χ4v) is 5.49. The highest BCUT2D eigenvalue weighted by Crippen LogP contribution is 2.26. The van der Waals surface area contributed by atoms with E-state index >= 15 is 0 Å². The molecule has 0 spiro atoms. The lowest BCUT2D eigenvalue weighted by atomic mass is 10.1. The summed E-state index contributed by atoms with van der Waals surface area (Å²) in [7, 11) is -3.84. The molecule has 0 fully saturated rings. The predicted octanol–water partition coefficient (Wildman–Crippen LogP) is 5.03. The van der Waals surface area contributed by atoms with Crippen LogP contribution in [-0.2, 0) is 16.6 Å². The molecule has 0 unspecified atom stereocenters. The number of sulfonamides is 1. The van der Waals surface area contributed by atoms with Gasteiger partial charge in [0.2, 0.25) is 0 Å². The predicted molar refractivity (Wildman–Crippen MR) is 142 cm³/mol. The average Bonchev–Trinajstić information content (AvgIpc) is 3.40. The van der Waals surface area contributed by atoms with Crippen molar-refractivity contribution < 1.29 is 22.6 Å². The zero-order chi connectivity index (χ0) is 27.8. The van der Waals surface area contributed by atoms with Gasteiger partial charge in [0.25, 0.3) is 15.9 Å². The molecule has 0 bridgehead atoms. The molecule has 11 nitrogen and oxygen atoms in total. The van der Waals surface area contributed by atoms with Crippen molar-refractivity contribution >= 4 is 33.0 Å². The van der Waals surface area contributed by atoms with Gasteiger partial charge < -0.3 is 9.73 Å². The Morgan fingerprint density at radius 2 is 1.66 bits per heavy atom. The van der Waals surface area contributed by atoms with E-state index in [1.54, 1.807) is 19.9 Å². The number of hydrogen-bond donors (Lipinski definition) is 2. The van der Waals surface area contributed by atoms with E-state index in [-0.39, 0.29) is 22.9 Å². The number of aromatic nitrogens is 2. The third-order valence-electron chi connectivity index (χ3n) is 6.05. The van der Waals surface area contributed by atoms with Crippen molar-refractivity contribution in [1.29, 1.82) is 0 Å². The van der Waals surface area contributed by atoms with Gasteiger partial charge in [-0.2, -0.15) is 5.10 Å². The number of benzene rings is 2. The highest BCUT2D eigenvalue weighted by Gasteiger charge is 2.23. The molecular formula is C26H27N5O6S. The van der Waals surface area contributed by atoms with E-state index in [4.69, 9.17) is 4.42 Å². The minimum absolute atomic E-state index is 0.0275. The minimum atomic E-state index is -3.84. The van der Waals surface area contributed by atoms with Crippen LogP contribution in [0.1, 0.15) is 44.4 Å². The number of nitro groups is 1. The molecule has 2 aromatic heterocycles. The van der Waals surface area contributed by atoms with Crippen LogP contribution in [0.5, 0.6) is 0 Å². The number of carbonyl (C=O) groups is 1. The third-order valence-corrected chi connectivity index (χ3v) is 7.42. The van der Waals surface area contributed by atoms with Crippen molar-refractivity contribution in [2.24, 2.45) is 0 Å². The summed E-state index contributed by atoms with van der Waals surface area (Å²) >= 11 is 0. The van der Waals surface area contributed by atoms with E-state index in [1.165, 1.54) is 35.0 Å². The summed E-state index contributed by atoms with van der Waals surface area (Å²) in [6, 6.07) is 12.7. The second kappa shape index (κ2) is 10.1. The number of amides is 1. The lowest BCUT2D eigenvalue weighted by Crippen LogP contribution is -2.15. The van der Waals surface area contributed by atoms with Gasteiger partial charge >= 0.3 is 5.69 Å². The Morgan fingerprint density at radius 3 is 2.24 bits per heavy atom. The van der Waals surface area contributed by atoms with Gasteiger partial charge in [-0.25, -0.2) is 8.42 Å². The van der Waals surface area contributed by atoms with Gasteiger partial charge in [0, 0.05) is 5.69 Å². The van der Waals surface area contributed by atoms with Crippen LogP contribution in [0.2, 0.25) is 0 Å². The van der Waals surface area contributed by atoms with Gasteiger partial charge in [0.1, 0.15) is 17.1 Å². The molecule has 2 aromatic carbocycles. The Bertz CT molecular complexity index is 1630. The zero-order valence-electron chi connectivity index (χ0n) is 21.5. The summed E-state index contributed by atoms with van der Waals surface area (Å²) in [4.78, 5) is 23.5. The van der Waals surface area contributed by atoms with Crippen molar-refractivity contribution in [3.05, 3.63) is 98.2 Å². The van der Waals surface area contributed by atoms with Crippen LogP contribution in [0.4, 0.5) is 17.1 Å². The topological polar surface area (TPSA) is 149 Å². The molecule has 4 rings (SSSR count). The Kier molecular flexibility index (Phi) is 7.09. The molecule has 0 atom stereocenters. The molecule has 0 saturated heterocycles. The number of nitrogens with one attached hydrogen (secondary N) is 2. The Labute approximate surface area is 219 Å². The Balaban J connectivity index is 1.44. The molecular weight excluding hydrogens is 510 g/mol. The van der Waals surface area contributed by atoms with Gasteiger partial charge in [0.15, 0.2) is 5.76 Å². The normalized spacial score (nSPS) is 11.4. The number of furan rings is 1. The average molecular weight is 538 g/mol. The number of anilines is 2. The van der Waals surface area contributed by atoms with Gasteiger partial charge in [0.05, 0.1) is 22.1 Å². The number of carbonyl (C=O) groups excluding carboxylic acids is 1. The van der Waals surface area contributed by atoms with E-state index in [1.807, 2.05) is 32.9 Å².